The second-order valence-corrected chi connectivity index (χ2v) is 4.25. The van der Waals surface area contributed by atoms with Crippen LogP contribution in [0.4, 0.5) is 0 Å². The molecule has 1 atom stereocenters. The number of H-pyrrole nitrogens is 1. The predicted molar refractivity (Wildman–Crippen MR) is 67.0 cm³/mol. The second kappa shape index (κ2) is 5.31. The number of aromatic amines is 1. The molecular weight excluding hydrogens is 252 g/mol. The van der Waals surface area contributed by atoms with Crippen LogP contribution in [0.1, 0.15) is 25.1 Å². The smallest absolute Gasteiger partial charge is 0.331 e. The van der Waals surface area contributed by atoms with Crippen molar-refractivity contribution in [3.8, 4) is 0 Å². The molecule has 0 aromatic carbocycles. The molecule has 2 rings (SSSR count). The Morgan fingerprint density at radius 2 is 2.32 bits per heavy atom. The lowest BCUT2D eigenvalue weighted by atomic mass is 10.2. The summed E-state index contributed by atoms with van der Waals surface area (Å²) in [4.78, 5) is 25.5. The lowest BCUT2D eigenvalue weighted by Crippen LogP contribution is -2.34. The Morgan fingerprint density at radius 1 is 1.58 bits per heavy atom. The molecule has 19 heavy (non-hydrogen) atoms. The molecular formula is C12H16N2O5. The fourth-order valence-corrected chi connectivity index (χ4v) is 1.95. The highest BCUT2D eigenvalue weighted by molar-refractivity contribution is 5.10. The van der Waals surface area contributed by atoms with Crippen LogP contribution in [0.3, 0.4) is 0 Å². The monoisotopic (exact) mass is 268 g/mol. The lowest BCUT2D eigenvalue weighted by Gasteiger charge is -2.15. The third kappa shape index (κ3) is 2.55. The highest BCUT2D eigenvalue weighted by atomic mass is 16.5. The topological polar surface area (TPSA) is 93.6 Å². The molecule has 2 N–H and O–H groups in total. The van der Waals surface area contributed by atoms with Crippen molar-refractivity contribution in [2.24, 2.45) is 0 Å². The molecule has 0 spiro atoms. The average molecular weight is 268 g/mol. The summed E-state index contributed by atoms with van der Waals surface area (Å²) in [6.45, 7) is 1.96. The number of nitrogens with one attached hydrogen (secondary N) is 1. The number of hydrogen-bond donors (Lipinski definition) is 2. The molecule has 0 saturated heterocycles. The molecule has 0 unspecified atom stereocenters. The van der Waals surface area contributed by atoms with Gasteiger partial charge in [0.2, 0.25) is 0 Å². The third-order valence-corrected chi connectivity index (χ3v) is 2.98. The molecule has 0 amide bonds. The predicted octanol–water partition coefficient (Wildman–Crippen LogP) is 0.434. The zero-order valence-electron chi connectivity index (χ0n) is 10.8. The van der Waals surface area contributed by atoms with E-state index in [0.717, 1.165) is 0 Å². The van der Waals surface area contributed by atoms with Crippen molar-refractivity contribution >= 4 is 0 Å². The molecule has 1 aromatic rings. The number of hydrogen-bond acceptors (Lipinski definition) is 5. The Labute approximate surface area is 109 Å². The Kier molecular flexibility index (Phi) is 3.75. The van der Waals surface area contributed by atoms with Crippen molar-refractivity contribution in [3.63, 3.8) is 0 Å². The van der Waals surface area contributed by atoms with Gasteiger partial charge in [-0.1, -0.05) is 6.92 Å². The fourth-order valence-electron chi connectivity index (χ4n) is 1.95. The van der Waals surface area contributed by atoms with E-state index in [9.17, 15) is 14.7 Å². The van der Waals surface area contributed by atoms with Gasteiger partial charge in [-0.25, -0.2) is 4.79 Å². The second-order valence-electron chi connectivity index (χ2n) is 4.25. The zero-order valence-corrected chi connectivity index (χ0v) is 10.8. The van der Waals surface area contributed by atoms with E-state index in [0.29, 0.717) is 17.7 Å². The van der Waals surface area contributed by atoms with Gasteiger partial charge in [-0.15, -0.1) is 0 Å². The van der Waals surface area contributed by atoms with E-state index < -0.39 is 17.5 Å². The van der Waals surface area contributed by atoms with Crippen LogP contribution in [-0.2, 0) is 15.9 Å². The van der Waals surface area contributed by atoms with Crippen LogP contribution < -0.4 is 11.2 Å². The third-order valence-electron chi connectivity index (χ3n) is 2.98. The van der Waals surface area contributed by atoms with Crippen molar-refractivity contribution in [2.45, 2.75) is 26.0 Å². The van der Waals surface area contributed by atoms with Crippen LogP contribution in [0.15, 0.2) is 27.3 Å². The minimum atomic E-state index is -0.653. The van der Waals surface area contributed by atoms with Crippen molar-refractivity contribution in [1.29, 1.82) is 0 Å². The van der Waals surface area contributed by atoms with Crippen molar-refractivity contribution in [3.05, 3.63) is 44.1 Å². The number of rotatable bonds is 4. The number of ether oxygens (including phenoxy) is 2. The highest BCUT2D eigenvalue weighted by Crippen LogP contribution is 2.29. The Bertz CT molecular complexity index is 613. The van der Waals surface area contributed by atoms with Gasteiger partial charge in [-0.05, 0) is 6.42 Å². The summed E-state index contributed by atoms with van der Waals surface area (Å²) in [6.07, 6.45) is 1.50. The first-order valence-electron chi connectivity index (χ1n) is 5.97. The van der Waals surface area contributed by atoms with E-state index in [-0.39, 0.29) is 18.8 Å². The van der Waals surface area contributed by atoms with Gasteiger partial charge < -0.3 is 14.6 Å². The van der Waals surface area contributed by atoms with Crippen molar-refractivity contribution in [1.82, 2.24) is 9.55 Å². The van der Waals surface area contributed by atoms with E-state index in [1.807, 2.05) is 6.92 Å². The average Bonchev–Trinajstić information content (AvgIpc) is 2.71. The van der Waals surface area contributed by atoms with E-state index >= 15 is 0 Å². The Morgan fingerprint density at radius 3 is 2.95 bits per heavy atom. The minimum absolute atomic E-state index is 0.0583. The van der Waals surface area contributed by atoms with Gasteiger partial charge in [0, 0.05) is 18.9 Å². The summed E-state index contributed by atoms with van der Waals surface area (Å²) < 4.78 is 11.6. The molecule has 0 radical (unpaired) electrons. The molecule has 1 aromatic heterocycles. The summed E-state index contributed by atoms with van der Waals surface area (Å²) in [5.74, 6) is 0.367. The Hall–Kier alpha value is -2.02. The van der Waals surface area contributed by atoms with E-state index in [1.54, 1.807) is 0 Å². The van der Waals surface area contributed by atoms with E-state index in [2.05, 4.69) is 4.98 Å². The normalized spacial score (nSPS) is 18.7. The number of aryl methyl sites for hydroxylation is 1. The maximum Gasteiger partial charge on any atom is 0.331 e. The van der Waals surface area contributed by atoms with Gasteiger partial charge >= 0.3 is 5.69 Å². The number of methoxy groups -OCH3 is 1. The number of aliphatic hydroxyl groups is 1. The van der Waals surface area contributed by atoms with Gasteiger partial charge in [-0.2, -0.15) is 0 Å². The molecule has 2 heterocycles. The minimum Gasteiger partial charge on any atom is -0.508 e. The van der Waals surface area contributed by atoms with E-state index in [4.69, 9.17) is 9.47 Å². The fraction of sp³-hybridized carbons (Fsp3) is 0.500. The first kappa shape index (κ1) is 13.4. The summed E-state index contributed by atoms with van der Waals surface area (Å²) in [5.41, 5.74) is -0.461. The van der Waals surface area contributed by atoms with Gasteiger partial charge in [-0.3, -0.25) is 14.3 Å². The molecule has 0 saturated carbocycles. The van der Waals surface area contributed by atoms with Crippen LogP contribution in [-0.4, -0.2) is 28.4 Å². The van der Waals surface area contributed by atoms with Crippen LogP contribution in [0.5, 0.6) is 0 Å². The van der Waals surface area contributed by atoms with E-state index in [1.165, 1.54) is 17.9 Å². The quantitative estimate of drug-likeness (QED) is 0.826. The van der Waals surface area contributed by atoms with Crippen molar-refractivity contribution in [2.75, 3.05) is 13.7 Å². The summed E-state index contributed by atoms with van der Waals surface area (Å²) in [5, 5.41) is 9.71. The maximum absolute atomic E-state index is 11.8. The number of aliphatic hydroxyl groups excluding tert-OH is 1. The molecule has 104 valence electrons. The Balaban J connectivity index is 2.31. The molecule has 1 aliphatic rings. The van der Waals surface area contributed by atoms with Gasteiger partial charge in [0.1, 0.15) is 12.4 Å². The largest absolute Gasteiger partial charge is 0.508 e. The van der Waals surface area contributed by atoms with Crippen LogP contribution in [0.2, 0.25) is 0 Å². The van der Waals surface area contributed by atoms with Crippen LogP contribution in [0.25, 0.3) is 0 Å². The lowest BCUT2D eigenvalue weighted by molar-refractivity contribution is 0.0505. The molecule has 7 nitrogen and oxygen atoms in total. The molecule has 0 bridgehead atoms. The van der Waals surface area contributed by atoms with Gasteiger partial charge in [0.05, 0.1) is 6.42 Å². The zero-order chi connectivity index (χ0) is 14.0. The molecule has 0 fully saturated rings. The first-order valence-corrected chi connectivity index (χ1v) is 5.97. The summed E-state index contributed by atoms with van der Waals surface area (Å²) >= 11 is 0. The summed E-state index contributed by atoms with van der Waals surface area (Å²) in [6, 6.07) is 0. The highest BCUT2D eigenvalue weighted by Gasteiger charge is 2.27. The summed E-state index contributed by atoms with van der Waals surface area (Å²) in [7, 11) is 1.48. The molecule has 0 aliphatic carbocycles. The number of nitrogens with zero attached hydrogens (tertiary/aromatic N) is 1. The standard InChI is InChI=1S/C12H16N2O5/c1-3-7-5-14(12(17)13-11(7)16)10-4-8(15)9(19-10)6-18-2/h5,10,15H,3-4,6H2,1-2H3,(H,13,16,17)/t10-/m1/s1. The van der Waals surface area contributed by atoms with Crippen LogP contribution in [0, 0.1) is 0 Å². The first-order chi connectivity index (χ1) is 9.06. The SMILES string of the molecule is CCc1cn([C@H]2CC(O)=C(COC)O2)c(=O)[nH]c1=O. The molecule has 7 heteroatoms. The van der Waals surface area contributed by atoms with Crippen molar-refractivity contribution < 1.29 is 14.6 Å². The van der Waals surface area contributed by atoms with Gasteiger partial charge in [0.15, 0.2) is 12.0 Å². The van der Waals surface area contributed by atoms with Gasteiger partial charge in [0.25, 0.3) is 5.56 Å². The maximum atomic E-state index is 11.8. The number of aromatic nitrogens is 2. The van der Waals surface area contributed by atoms with Crippen LogP contribution >= 0.6 is 0 Å². The molecule has 1 aliphatic heterocycles.